The van der Waals surface area contributed by atoms with Gasteiger partial charge in [-0.05, 0) is 13.0 Å². The summed E-state index contributed by atoms with van der Waals surface area (Å²) in [6.07, 6.45) is 0.0235. The molecule has 1 atom stereocenters. The zero-order chi connectivity index (χ0) is 18.1. The number of rotatable bonds is 9. The van der Waals surface area contributed by atoms with E-state index in [2.05, 4.69) is 10.7 Å². The maximum atomic E-state index is 12.2. The first-order valence-corrected chi connectivity index (χ1v) is 8.45. The van der Waals surface area contributed by atoms with Gasteiger partial charge in [0.25, 0.3) is 0 Å². The maximum Gasteiger partial charge on any atom is 0.237 e. The Balaban J connectivity index is 2.05. The number of carbonyl (C=O) groups excluding carboxylic acids is 2. The van der Waals surface area contributed by atoms with Crippen molar-refractivity contribution in [1.29, 1.82) is 0 Å². The van der Waals surface area contributed by atoms with Gasteiger partial charge in [0.1, 0.15) is 12.4 Å². The van der Waals surface area contributed by atoms with E-state index in [1.165, 1.54) is 0 Å². The van der Waals surface area contributed by atoms with E-state index < -0.39 is 6.04 Å². The van der Waals surface area contributed by atoms with Crippen LogP contribution in [0.25, 0.3) is 0 Å². The summed E-state index contributed by atoms with van der Waals surface area (Å²) in [5.41, 5.74) is 3.05. The van der Waals surface area contributed by atoms with Crippen LogP contribution >= 0.6 is 0 Å². The first kappa shape index (κ1) is 19.2. The number of nitrogens with zero attached hydrogens (tertiary/aromatic N) is 1. The number of ether oxygens (including phenoxy) is 2. The second kappa shape index (κ2) is 9.97. The summed E-state index contributed by atoms with van der Waals surface area (Å²) in [7, 11) is 0. The minimum Gasteiger partial charge on any atom is -0.491 e. The van der Waals surface area contributed by atoms with Crippen molar-refractivity contribution in [2.45, 2.75) is 25.9 Å². The lowest BCUT2D eigenvalue weighted by Gasteiger charge is -2.34. The van der Waals surface area contributed by atoms with Gasteiger partial charge >= 0.3 is 0 Å². The van der Waals surface area contributed by atoms with Crippen LogP contribution in [0, 0.1) is 0 Å². The number of para-hydroxylation sites is 1. The van der Waals surface area contributed by atoms with Crippen LogP contribution in [0.3, 0.4) is 0 Å². The van der Waals surface area contributed by atoms with E-state index >= 15 is 0 Å². The van der Waals surface area contributed by atoms with E-state index in [0.29, 0.717) is 39.5 Å². The van der Waals surface area contributed by atoms with Crippen molar-refractivity contribution in [2.75, 3.05) is 32.9 Å². The van der Waals surface area contributed by atoms with E-state index in [4.69, 9.17) is 15.3 Å². The molecule has 1 aromatic carbocycles. The molecule has 2 rings (SSSR count). The van der Waals surface area contributed by atoms with Gasteiger partial charge in [-0.25, -0.2) is 5.84 Å². The zero-order valence-electron chi connectivity index (χ0n) is 14.5. The van der Waals surface area contributed by atoms with Crippen LogP contribution in [0.5, 0.6) is 5.75 Å². The highest BCUT2D eigenvalue weighted by molar-refractivity contribution is 5.88. The Labute approximate surface area is 147 Å². The Kier molecular flexibility index (Phi) is 7.65. The van der Waals surface area contributed by atoms with Gasteiger partial charge in [-0.1, -0.05) is 18.2 Å². The summed E-state index contributed by atoms with van der Waals surface area (Å²) in [5.74, 6) is 5.38. The molecule has 0 aromatic heterocycles. The van der Waals surface area contributed by atoms with Crippen LogP contribution in [0.1, 0.15) is 18.9 Å². The molecule has 1 heterocycles. The van der Waals surface area contributed by atoms with Crippen molar-refractivity contribution >= 4 is 11.8 Å². The van der Waals surface area contributed by atoms with Crippen LogP contribution in [-0.4, -0.2) is 55.7 Å². The molecule has 0 bridgehead atoms. The molecule has 0 saturated carbocycles. The van der Waals surface area contributed by atoms with Crippen molar-refractivity contribution in [3.63, 3.8) is 0 Å². The van der Waals surface area contributed by atoms with Gasteiger partial charge in [0.15, 0.2) is 0 Å². The monoisotopic (exact) mass is 350 g/mol. The average molecular weight is 350 g/mol. The van der Waals surface area contributed by atoms with Crippen molar-refractivity contribution in [1.82, 2.24) is 15.6 Å². The molecule has 0 spiro atoms. The predicted octanol–water partition coefficient (Wildman–Crippen LogP) is -0.218. The summed E-state index contributed by atoms with van der Waals surface area (Å²) >= 11 is 0. The number of nitrogens with one attached hydrogen (secondary N) is 2. The molecule has 1 saturated heterocycles. The number of benzene rings is 1. The third kappa shape index (κ3) is 5.70. The second-order valence-electron chi connectivity index (χ2n) is 5.70. The van der Waals surface area contributed by atoms with Gasteiger partial charge in [-0.2, -0.15) is 0 Å². The van der Waals surface area contributed by atoms with Crippen molar-refractivity contribution in [3.8, 4) is 5.75 Å². The molecule has 1 aliphatic rings. The van der Waals surface area contributed by atoms with Crippen molar-refractivity contribution < 1.29 is 19.1 Å². The van der Waals surface area contributed by atoms with Crippen LogP contribution in [0.4, 0.5) is 0 Å². The lowest BCUT2D eigenvalue weighted by molar-refractivity contribution is -0.134. The number of hydrogen-bond donors (Lipinski definition) is 3. The van der Waals surface area contributed by atoms with Gasteiger partial charge in [-0.3, -0.25) is 19.9 Å². The minimum absolute atomic E-state index is 0.0235. The van der Waals surface area contributed by atoms with Crippen LogP contribution < -0.4 is 21.3 Å². The van der Waals surface area contributed by atoms with Gasteiger partial charge in [-0.15, -0.1) is 0 Å². The van der Waals surface area contributed by atoms with Gasteiger partial charge in [0.05, 0.1) is 19.1 Å². The number of nitrogens with two attached hydrogens (primary N) is 1. The smallest absolute Gasteiger partial charge is 0.237 e. The van der Waals surface area contributed by atoms with E-state index in [1.807, 2.05) is 36.1 Å². The summed E-state index contributed by atoms with van der Waals surface area (Å²) in [5, 5.41) is 2.79. The Hall–Kier alpha value is -2.16. The van der Waals surface area contributed by atoms with Crippen LogP contribution in [-0.2, 0) is 20.9 Å². The lowest BCUT2D eigenvalue weighted by atomic mass is 10.1. The average Bonchev–Trinajstić information content (AvgIpc) is 2.62. The Morgan fingerprint density at radius 3 is 2.96 bits per heavy atom. The molecule has 0 radical (unpaired) electrons. The Morgan fingerprint density at radius 1 is 1.40 bits per heavy atom. The van der Waals surface area contributed by atoms with E-state index in [1.54, 1.807) is 0 Å². The summed E-state index contributed by atoms with van der Waals surface area (Å²) < 4.78 is 11.1. The lowest BCUT2D eigenvalue weighted by Crippen LogP contribution is -2.56. The fourth-order valence-electron chi connectivity index (χ4n) is 2.76. The molecule has 25 heavy (non-hydrogen) atoms. The van der Waals surface area contributed by atoms with Crippen molar-refractivity contribution in [2.24, 2.45) is 5.84 Å². The highest BCUT2D eigenvalue weighted by atomic mass is 16.5. The SMILES string of the molecule is CCOCCOc1ccccc1CN1CCNC(=O)C1CC(=O)NN. The first-order valence-electron chi connectivity index (χ1n) is 8.45. The highest BCUT2D eigenvalue weighted by Gasteiger charge is 2.31. The van der Waals surface area contributed by atoms with E-state index in [9.17, 15) is 9.59 Å². The Morgan fingerprint density at radius 2 is 2.20 bits per heavy atom. The Bertz CT molecular complexity index is 582. The number of amides is 2. The standard InChI is InChI=1S/C17H26N4O4/c1-2-24-9-10-25-15-6-4-3-5-13(15)12-21-8-7-19-17(23)14(21)11-16(22)20-18/h3-6,14H,2,7-12,18H2,1H3,(H,19,23)(H,20,22). The topological polar surface area (TPSA) is 106 Å². The van der Waals surface area contributed by atoms with Gasteiger partial charge in [0.2, 0.25) is 11.8 Å². The quantitative estimate of drug-likeness (QED) is 0.246. The van der Waals surface area contributed by atoms with E-state index in [0.717, 1.165) is 11.3 Å². The molecule has 1 aliphatic heterocycles. The molecule has 0 aliphatic carbocycles. The van der Waals surface area contributed by atoms with E-state index in [-0.39, 0.29) is 18.2 Å². The predicted molar refractivity (Wildman–Crippen MR) is 92.6 cm³/mol. The molecule has 2 amide bonds. The first-order chi connectivity index (χ1) is 12.2. The molecule has 4 N–H and O–H groups in total. The molecular weight excluding hydrogens is 324 g/mol. The fraction of sp³-hybridized carbons (Fsp3) is 0.529. The second-order valence-corrected chi connectivity index (χ2v) is 5.70. The summed E-state index contributed by atoms with van der Waals surface area (Å²) in [6, 6.07) is 7.14. The minimum atomic E-state index is -0.547. The third-order valence-corrected chi connectivity index (χ3v) is 4.02. The molecule has 1 fully saturated rings. The molecule has 8 nitrogen and oxygen atoms in total. The van der Waals surface area contributed by atoms with Gasteiger partial charge < -0.3 is 14.8 Å². The number of hydrazine groups is 1. The van der Waals surface area contributed by atoms with Crippen LogP contribution in [0.15, 0.2) is 24.3 Å². The van der Waals surface area contributed by atoms with Gasteiger partial charge in [0, 0.05) is 31.8 Å². The molecule has 1 unspecified atom stereocenters. The summed E-state index contributed by atoms with van der Waals surface area (Å²) in [4.78, 5) is 25.7. The molecule has 1 aromatic rings. The fourth-order valence-corrected chi connectivity index (χ4v) is 2.76. The number of hydrogen-bond acceptors (Lipinski definition) is 6. The number of piperazine rings is 1. The zero-order valence-corrected chi connectivity index (χ0v) is 14.5. The number of carbonyl (C=O) groups is 2. The highest BCUT2D eigenvalue weighted by Crippen LogP contribution is 2.22. The molecular formula is C17H26N4O4. The molecule has 8 heteroatoms. The van der Waals surface area contributed by atoms with Crippen LogP contribution in [0.2, 0.25) is 0 Å². The maximum absolute atomic E-state index is 12.2. The molecule has 138 valence electrons. The normalized spacial score (nSPS) is 17.8. The largest absolute Gasteiger partial charge is 0.491 e. The third-order valence-electron chi connectivity index (χ3n) is 4.02. The van der Waals surface area contributed by atoms with Crippen molar-refractivity contribution in [3.05, 3.63) is 29.8 Å². The summed E-state index contributed by atoms with van der Waals surface area (Å²) in [6.45, 7) is 5.29.